The maximum atomic E-state index is 12.6. The Labute approximate surface area is 122 Å². The first-order chi connectivity index (χ1) is 9.66. The molecule has 3 fully saturated rings. The summed E-state index contributed by atoms with van der Waals surface area (Å²) < 4.78 is 0. The fraction of sp³-hybridized carbons (Fsp3) is 0.938. The zero-order valence-electron chi connectivity index (χ0n) is 13.0. The summed E-state index contributed by atoms with van der Waals surface area (Å²) >= 11 is 0. The fourth-order valence-corrected chi connectivity index (χ4v) is 3.83. The molecule has 0 aromatic carbocycles. The van der Waals surface area contributed by atoms with Gasteiger partial charge < -0.3 is 4.90 Å². The summed E-state index contributed by atoms with van der Waals surface area (Å²) in [5.41, 5.74) is -0.151. The lowest BCUT2D eigenvalue weighted by Crippen LogP contribution is -2.48. The molecule has 1 saturated carbocycles. The van der Waals surface area contributed by atoms with Gasteiger partial charge in [-0.15, -0.1) is 0 Å². The highest BCUT2D eigenvalue weighted by molar-refractivity contribution is 5.91. The Kier molecular flexibility index (Phi) is 4.04. The van der Waals surface area contributed by atoms with E-state index < -0.39 is 0 Å². The van der Waals surface area contributed by atoms with Gasteiger partial charge in [0.2, 0.25) is 5.91 Å². The van der Waals surface area contributed by atoms with E-state index >= 15 is 0 Å². The smallest absolute Gasteiger partial charge is 0.244 e. The molecule has 3 aliphatic rings. The van der Waals surface area contributed by atoms with Crippen LogP contribution in [0.2, 0.25) is 0 Å². The van der Waals surface area contributed by atoms with Crippen LogP contribution in [0.3, 0.4) is 0 Å². The third-order valence-corrected chi connectivity index (χ3v) is 5.28. The van der Waals surface area contributed by atoms with Gasteiger partial charge in [0.15, 0.2) is 0 Å². The molecule has 4 nitrogen and oxygen atoms in total. The van der Waals surface area contributed by atoms with Gasteiger partial charge in [0.05, 0.1) is 11.7 Å². The Morgan fingerprint density at radius 1 is 1.30 bits per heavy atom. The summed E-state index contributed by atoms with van der Waals surface area (Å²) in [4.78, 5) is 17.4. The molecule has 0 bridgehead atoms. The second-order valence-corrected chi connectivity index (χ2v) is 6.93. The van der Waals surface area contributed by atoms with Gasteiger partial charge in [-0.25, -0.2) is 0 Å². The van der Waals surface area contributed by atoms with Gasteiger partial charge in [0, 0.05) is 12.6 Å². The van der Waals surface area contributed by atoms with Gasteiger partial charge in [-0.05, 0) is 52.1 Å². The molecular formula is C16H29N3O. The summed E-state index contributed by atoms with van der Waals surface area (Å²) in [5.74, 6) is 0.375. The average Bonchev–Trinajstić information content (AvgIpc) is 3.20. The fourth-order valence-electron chi connectivity index (χ4n) is 3.83. The summed E-state index contributed by atoms with van der Waals surface area (Å²) in [7, 11) is 0. The Hall–Kier alpha value is -0.610. The minimum Gasteiger partial charge on any atom is -0.324 e. The van der Waals surface area contributed by atoms with Crippen molar-refractivity contribution < 1.29 is 4.79 Å². The second-order valence-electron chi connectivity index (χ2n) is 6.93. The van der Waals surface area contributed by atoms with E-state index in [2.05, 4.69) is 29.0 Å². The van der Waals surface area contributed by atoms with Crippen LogP contribution in [0.4, 0.5) is 0 Å². The molecule has 1 amide bonds. The van der Waals surface area contributed by atoms with Gasteiger partial charge in [-0.3, -0.25) is 15.0 Å². The zero-order valence-corrected chi connectivity index (χ0v) is 13.0. The van der Waals surface area contributed by atoms with Crippen LogP contribution in [0.15, 0.2) is 0 Å². The van der Waals surface area contributed by atoms with Gasteiger partial charge in [-0.1, -0.05) is 19.8 Å². The van der Waals surface area contributed by atoms with Gasteiger partial charge in [0.1, 0.15) is 0 Å². The Morgan fingerprint density at radius 3 is 2.60 bits per heavy atom. The number of carbonyl (C=O) groups excluding carboxylic acids is 1. The van der Waals surface area contributed by atoms with E-state index in [9.17, 15) is 4.79 Å². The van der Waals surface area contributed by atoms with Crippen molar-refractivity contribution in [1.29, 1.82) is 0 Å². The molecule has 114 valence electrons. The molecule has 4 heteroatoms. The van der Waals surface area contributed by atoms with Crippen molar-refractivity contribution in [1.82, 2.24) is 15.1 Å². The third kappa shape index (κ3) is 2.60. The molecule has 3 rings (SSSR count). The standard InChI is InChI=1S/C16H29N3O/c1-3-7-14-17-16(8-9-16)15(20)19(14)12-13(2)18-10-5-4-6-11-18/h13-14,17H,3-12H2,1-2H3. The highest BCUT2D eigenvalue weighted by atomic mass is 16.2. The van der Waals surface area contributed by atoms with Crippen LogP contribution in [0.1, 0.15) is 58.8 Å². The number of amides is 1. The molecule has 1 N–H and O–H groups in total. The van der Waals surface area contributed by atoms with E-state index in [4.69, 9.17) is 0 Å². The molecule has 1 aliphatic carbocycles. The van der Waals surface area contributed by atoms with Crippen LogP contribution >= 0.6 is 0 Å². The number of nitrogens with one attached hydrogen (secondary N) is 1. The Balaban J connectivity index is 1.62. The summed E-state index contributed by atoms with van der Waals surface area (Å²) in [5, 5.41) is 3.61. The molecule has 2 heterocycles. The second kappa shape index (κ2) is 5.64. The Morgan fingerprint density at radius 2 is 2.00 bits per heavy atom. The van der Waals surface area contributed by atoms with Crippen molar-refractivity contribution in [2.75, 3.05) is 19.6 Å². The van der Waals surface area contributed by atoms with E-state index in [1.165, 1.54) is 32.4 Å². The highest BCUT2D eigenvalue weighted by Gasteiger charge is 2.58. The van der Waals surface area contributed by atoms with E-state index in [1.807, 2.05) is 0 Å². The van der Waals surface area contributed by atoms with Crippen molar-refractivity contribution in [3.63, 3.8) is 0 Å². The maximum Gasteiger partial charge on any atom is 0.244 e. The molecule has 0 aromatic heterocycles. The average molecular weight is 279 g/mol. The van der Waals surface area contributed by atoms with Gasteiger partial charge in [0.25, 0.3) is 0 Å². The number of rotatable bonds is 5. The van der Waals surface area contributed by atoms with Gasteiger partial charge >= 0.3 is 0 Å². The summed E-state index contributed by atoms with van der Waals surface area (Å²) in [6.45, 7) is 7.81. The predicted molar refractivity (Wildman–Crippen MR) is 80.4 cm³/mol. The summed E-state index contributed by atoms with van der Waals surface area (Å²) in [6.07, 6.45) is 8.59. The summed E-state index contributed by atoms with van der Waals surface area (Å²) in [6, 6.07) is 0.495. The van der Waals surface area contributed by atoms with Crippen molar-refractivity contribution in [2.45, 2.75) is 76.5 Å². The zero-order chi connectivity index (χ0) is 14.2. The largest absolute Gasteiger partial charge is 0.324 e. The van der Waals surface area contributed by atoms with Crippen LogP contribution in [0.25, 0.3) is 0 Å². The van der Waals surface area contributed by atoms with Crippen LogP contribution in [-0.4, -0.2) is 53.1 Å². The highest BCUT2D eigenvalue weighted by Crippen LogP contribution is 2.42. The molecule has 2 atom stereocenters. The number of carbonyl (C=O) groups is 1. The molecule has 0 radical (unpaired) electrons. The normalized spacial score (nSPS) is 31.0. The van der Waals surface area contributed by atoms with Crippen molar-refractivity contribution in [3.8, 4) is 0 Å². The third-order valence-electron chi connectivity index (χ3n) is 5.28. The lowest BCUT2D eigenvalue weighted by Gasteiger charge is -2.36. The first kappa shape index (κ1) is 14.3. The Bertz CT molecular complexity index is 361. The van der Waals surface area contributed by atoms with Crippen LogP contribution < -0.4 is 5.32 Å². The van der Waals surface area contributed by atoms with Crippen LogP contribution in [0.5, 0.6) is 0 Å². The number of hydrogen-bond donors (Lipinski definition) is 1. The molecule has 0 aromatic rings. The molecule has 2 aliphatic heterocycles. The maximum absolute atomic E-state index is 12.6. The number of nitrogens with zero attached hydrogens (tertiary/aromatic N) is 2. The molecule has 2 unspecified atom stereocenters. The van der Waals surface area contributed by atoms with E-state index in [0.29, 0.717) is 11.9 Å². The lowest BCUT2D eigenvalue weighted by molar-refractivity contribution is -0.131. The SMILES string of the molecule is CCCC1NC2(CC2)C(=O)N1CC(C)N1CCCCC1. The molecular weight excluding hydrogens is 250 g/mol. The quantitative estimate of drug-likeness (QED) is 0.835. The van der Waals surface area contributed by atoms with Crippen molar-refractivity contribution in [3.05, 3.63) is 0 Å². The minimum absolute atomic E-state index is 0.151. The van der Waals surface area contributed by atoms with Crippen molar-refractivity contribution in [2.24, 2.45) is 0 Å². The van der Waals surface area contributed by atoms with E-state index in [-0.39, 0.29) is 11.7 Å². The number of hydrogen-bond acceptors (Lipinski definition) is 3. The lowest BCUT2D eigenvalue weighted by atomic mass is 10.1. The predicted octanol–water partition coefficient (Wildman–Crippen LogP) is 1.95. The first-order valence-electron chi connectivity index (χ1n) is 8.49. The molecule has 2 saturated heterocycles. The topological polar surface area (TPSA) is 35.6 Å². The van der Waals surface area contributed by atoms with Crippen LogP contribution in [-0.2, 0) is 4.79 Å². The molecule has 20 heavy (non-hydrogen) atoms. The van der Waals surface area contributed by atoms with E-state index in [1.54, 1.807) is 0 Å². The van der Waals surface area contributed by atoms with Gasteiger partial charge in [-0.2, -0.15) is 0 Å². The minimum atomic E-state index is -0.151. The van der Waals surface area contributed by atoms with Crippen LogP contribution in [0, 0.1) is 0 Å². The first-order valence-corrected chi connectivity index (χ1v) is 8.49. The molecule has 1 spiro atoms. The monoisotopic (exact) mass is 279 g/mol. The number of piperidine rings is 1. The number of likely N-dealkylation sites (tertiary alicyclic amines) is 1. The van der Waals surface area contributed by atoms with Crippen molar-refractivity contribution >= 4 is 5.91 Å². The van der Waals surface area contributed by atoms with E-state index in [0.717, 1.165) is 32.2 Å².